The van der Waals surface area contributed by atoms with E-state index in [1.54, 1.807) is 49.6 Å². The summed E-state index contributed by atoms with van der Waals surface area (Å²) >= 11 is 0. The third-order valence-corrected chi connectivity index (χ3v) is 11.5. The van der Waals surface area contributed by atoms with Crippen molar-refractivity contribution in [1.29, 1.82) is 5.26 Å². The molecule has 12 aromatic rings. The Hall–Kier alpha value is -9.34. The highest BCUT2D eigenvalue weighted by molar-refractivity contribution is 6.14. The summed E-state index contributed by atoms with van der Waals surface area (Å²) < 4.78 is 4.53. The van der Waals surface area contributed by atoms with Crippen LogP contribution in [0.5, 0.6) is 0 Å². The maximum atomic E-state index is 9.90. The number of nitrogens with zero attached hydrogens (tertiary/aromatic N) is 12. The lowest BCUT2D eigenvalue weighted by Crippen LogP contribution is -2.05. The van der Waals surface area contributed by atoms with Crippen LogP contribution in [0.3, 0.4) is 0 Å². The summed E-state index contributed by atoms with van der Waals surface area (Å²) in [5.41, 5.74) is 11.4. The lowest BCUT2D eigenvalue weighted by atomic mass is 10.0. The van der Waals surface area contributed by atoms with E-state index in [1.165, 1.54) is 0 Å². The number of hydrogen-bond acceptors (Lipinski definition) is 10. The number of rotatable bonds is 7. The second-order valence-electron chi connectivity index (χ2n) is 15.1. The van der Waals surface area contributed by atoms with E-state index in [9.17, 15) is 5.26 Å². The molecule has 7 heterocycles. The Morgan fingerprint density at radius 2 is 0.656 bits per heavy atom. The van der Waals surface area contributed by atoms with Crippen LogP contribution < -0.4 is 0 Å². The van der Waals surface area contributed by atoms with Crippen LogP contribution in [0.4, 0.5) is 0 Å². The Kier molecular flexibility index (Phi) is 8.55. The van der Waals surface area contributed by atoms with Crippen molar-refractivity contribution in [2.24, 2.45) is 0 Å². The van der Waals surface area contributed by atoms with Crippen molar-refractivity contribution >= 4 is 43.6 Å². The van der Waals surface area contributed by atoms with Gasteiger partial charge in [0.05, 0.1) is 57.5 Å². The minimum absolute atomic E-state index is 0.562. The van der Waals surface area contributed by atoms with Gasteiger partial charge in [0.15, 0.2) is 23.3 Å². The molecule has 0 atom stereocenters. The lowest BCUT2D eigenvalue weighted by Gasteiger charge is -2.19. The summed E-state index contributed by atoms with van der Waals surface area (Å²) in [5, 5.41) is 13.9. The summed E-state index contributed by atoms with van der Waals surface area (Å²) in [4.78, 5) is 41.7. The van der Waals surface area contributed by atoms with Gasteiger partial charge in [0, 0.05) is 98.9 Å². The quantitative estimate of drug-likeness (QED) is 0.152. The van der Waals surface area contributed by atoms with E-state index in [0.29, 0.717) is 28.9 Å². The van der Waals surface area contributed by atoms with E-state index < -0.39 is 0 Å². The van der Waals surface area contributed by atoms with Crippen molar-refractivity contribution in [2.75, 3.05) is 0 Å². The molecule has 0 aliphatic rings. The molecule has 0 aliphatic carbocycles. The van der Waals surface area contributed by atoms with Crippen LogP contribution in [0.2, 0.25) is 0 Å². The van der Waals surface area contributed by atoms with Crippen molar-refractivity contribution in [3.63, 3.8) is 0 Å². The monoisotopic (exact) mass is 822 g/mol. The Labute approximate surface area is 364 Å². The predicted molar refractivity (Wildman–Crippen MR) is 247 cm³/mol. The largest absolute Gasteiger partial charge is 0.307 e. The van der Waals surface area contributed by atoms with Gasteiger partial charge in [0.25, 0.3) is 0 Å². The molecular weight excluding hydrogens is 793 g/mol. The number of nitriles is 1. The lowest BCUT2D eigenvalue weighted by molar-refractivity contribution is 1.09. The zero-order valence-corrected chi connectivity index (χ0v) is 33.7. The van der Waals surface area contributed by atoms with Crippen LogP contribution in [-0.2, 0) is 0 Å². The molecule has 12 heteroatoms. The van der Waals surface area contributed by atoms with Crippen LogP contribution >= 0.6 is 0 Å². The molecule has 5 aromatic carbocycles. The van der Waals surface area contributed by atoms with E-state index in [0.717, 1.165) is 88.4 Å². The predicted octanol–water partition coefficient (Wildman–Crippen LogP) is 10.6. The molecule has 12 rings (SSSR count). The molecule has 12 nitrogen and oxygen atoms in total. The molecule has 0 saturated carbocycles. The minimum atomic E-state index is 0.562. The van der Waals surface area contributed by atoms with Gasteiger partial charge in [0.1, 0.15) is 0 Å². The molecule has 298 valence electrons. The van der Waals surface area contributed by atoms with Crippen molar-refractivity contribution in [3.05, 3.63) is 189 Å². The Morgan fingerprint density at radius 1 is 0.359 bits per heavy atom. The molecule has 0 amide bonds. The Morgan fingerprint density at radius 3 is 0.953 bits per heavy atom. The molecule has 0 aliphatic heterocycles. The van der Waals surface area contributed by atoms with Crippen LogP contribution in [0.1, 0.15) is 5.56 Å². The second kappa shape index (κ2) is 15.0. The minimum Gasteiger partial charge on any atom is -0.307 e. The number of fused-ring (bicyclic) bond motifs is 6. The topological polar surface area (TPSA) is 150 Å². The summed E-state index contributed by atoms with van der Waals surface area (Å²) in [7, 11) is 0. The maximum Gasteiger partial charge on any atom is 0.159 e. The average Bonchev–Trinajstić information content (AvgIpc) is 3.88. The summed E-state index contributed by atoms with van der Waals surface area (Å²) in [6, 6.07) is 42.6. The van der Waals surface area contributed by atoms with Gasteiger partial charge in [-0.15, -0.1) is 0 Å². The van der Waals surface area contributed by atoms with Crippen LogP contribution in [0, 0.1) is 11.3 Å². The van der Waals surface area contributed by atoms with Gasteiger partial charge >= 0.3 is 0 Å². The van der Waals surface area contributed by atoms with Gasteiger partial charge in [-0.05, 0) is 115 Å². The van der Waals surface area contributed by atoms with Crippen molar-refractivity contribution in [3.8, 4) is 74.1 Å². The summed E-state index contributed by atoms with van der Waals surface area (Å²) in [5.74, 6) is 2.52. The number of aromatic nitrogens is 11. The Bertz CT molecular complexity index is 3360. The molecule has 0 radical (unpaired) electrons. The third-order valence-electron chi connectivity index (χ3n) is 11.5. The first-order valence-corrected chi connectivity index (χ1v) is 20.5. The van der Waals surface area contributed by atoms with Gasteiger partial charge in [-0.2, -0.15) is 5.26 Å². The first-order valence-electron chi connectivity index (χ1n) is 20.5. The van der Waals surface area contributed by atoms with E-state index >= 15 is 0 Å². The first kappa shape index (κ1) is 36.5. The number of benzene rings is 5. The fourth-order valence-corrected chi connectivity index (χ4v) is 8.70. The van der Waals surface area contributed by atoms with Crippen LogP contribution in [0.15, 0.2) is 183 Å². The zero-order valence-electron chi connectivity index (χ0n) is 33.7. The fraction of sp³-hybridized carbons (Fsp3) is 0. The highest BCUT2D eigenvalue weighted by Gasteiger charge is 2.24. The molecule has 64 heavy (non-hydrogen) atoms. The smallest absolute Gasteiger partial charge is 0.159 e. The van der Waals surface area contributed by atoms with E-state index in [4.69, 9.17) is 4.98 Å². The highest BCUT2D eigenvalue weighted by atomic mass is 15.0. The van der Waals surface area contributed by atoms with Gasteiger partial charge in [0.2, 0.25) is 0 Å². The molecule has 0 saturated heterocycles. The average molecular weight is 823 g/mol. The molecule has 0 bridgehead atoms. The zero-order chi connectivity index (χ0) is 42.6. The number of pyridine rings is 1. The van der Waals surface area contributed by atoms with E-state index in [-0.39, 0.29) is 0 Å². The maximum absolute atomic E-state index is 9.90. The molecule has 0 unspecified atom stereocenters. The second-order valence-corrected chi connectivity index (χ2v) is 15.1. The van der Waals surface area contributed by atoms with Gasteiger partial charge in [-0.1, -0.05) is 12.1 Å². The summed E-state index contributed by atoms with van der Waals surface area (Å²) in [6.07, 6.45) is 17.9. The SMILES string of the molecule is N#Cc1ccc(-c2c(-n3c4ccc(-c5ncccn5)cc4c4cc(-c5ncccn5)ccc43)cncc2-n2c3ccc(-c4ncccn4)cc3c3cc(-c4ncccn4)ccc32)cc1. The van der Waals surface area contributed by atoms with Gasteiger partial charge < -0.3 is 9.13 Å². The molecule has 7 aromatic heterocycles. The normalized spacial score (nSPS) is 11.4. The van der Waals surface area contributed by atoms with Crippen molar-refractivity contribution < 1.29 is 0 Å². The van der Waals surface area contributed by atoms with Crippen LogP contribution in [-0.4, -0.2) is 54.0 Å². The molecule has 0 spiro atoms. The van der Waals surface area contributed by atoms with E-state index in [1.807, 2.05) is 60.9 Å². The van der Waals surface area contributed by atoms with E-state index in [2.05, 4.69) is 128 Å². The third kappa shape index (κ3) is 6.03. The van der Waals surface area contributed by atoms with Gasteiger partial charge in [-0.25, -0.2) is 39.9 Å². The van der Waals surface area contributed by atoms with Crippen LogP contribution in [0.25, 0.3) is 112 Å². The molecular formula is C52H30N12. The fourth-order valence-electron chi connectivity index (χ4n) is 8.70. The molecule has 0 fully saturated rings. The standard InChI is InChI=1S/C52H30N12/c53-29-32-5-7-33(8-6-32)48-46(63-42-13-9-34(49-55-17-1-18-56-49)25-38(42)39-26-35(10-14-43(39)63)50-57-19-2-20-58-50)30-54-31-47(48)64-44-15-11-36(51-59-21-3-22-60-51)27-40(44)41-28-37(12-16-45(41)64)52-61-23-4-24-62-52/h1-28,30-31H. The van der Waals surface area contributed by atoms with Gasteiger partial charge in [-0.3, -0.25) is 4.98 Å². The molecule has 0 N–H and O–H groups in total. The van der Waals surface area contributed by atoms with Crippen molar-refractivity contribution in [1.82, 2.24) is 54.0 Å². The number of hydrogen-bond donors (Lipinski definition) is 0. The summed E-state index contributed by atoms with van der Waals surface area (Å²) in [6.45, 7) is 0. The highest BCUT2D eigenvalue weighted by Crippen LogP contribution is 2.43. The van der Waals surface area contributed by atoms with Crippen molar-refractivity contribution in [2.45, 2.75) is 0 Å². The Balaban J connectivity index is 1.17. The first-order chi connectivity index (χ1) is 31.7.